The zero-order valence-electron chi connectivity index (χ0n) is 22.0. The van der Waals surface area contributed by atoms with Gasteiger partial charge >= 0.3 is 0 Å². The molecule has 5 rings (SSSR count). The van der Waals surface area contributed by atoms with E-state index in [1.807, 2.05) is 30.5 Å². The third-order valence-electron chi connectivity index (χ3n) is 7.26. The molecule has 0 spiro atoms. The zero-order valence-corrected chi connectivity index (χ0v) is 22.8. The highest BCUT2D eigenvalue weighted by molar-refractivity contribution is 8.18. The van der Waals surface area contributed by atoms with Crippen LogP contribution in [0.5, 0.6) is 0 Å². The molecule has 2 amide bonds. The molecule has 0 bridgehead atoms. The Labute approximate surface area is 234 Å². The number of carbonyl (C=O) groups excluding carboxylic acids is 2. The molecule has 2 fully saturated rings. The number of amides is 2. The molecule has 11 nitrogen and oxygen atoms in total. The minimum atomic E-state index is -0.539. The maximum atomic E-state index is 13.1. The number of para-hydroxylation sites is 1. The first-order chi connectivity index (χ1) is 19.2. The van der Waals surface area contributed by atoms with Crippen LogP contribution in [0.25, 0.3) is 11.8 Å². The number of nitro groups is 2. The van der Waals surface area contributed by atoms with Gasteiger partial charge in [-0.1, -0.05) is 18.2 Å². The van der Waals surface area contributed by atoms with Gasteiger partial charge in [0.2, 0.25) is 0 Å². The van der Waals surface area contributed by atoms with Gasteiger partial charge in [0.1, 0.15) is 5.69 Å². The molecule has 2 aliphatic rings. The molecule has 0 unspecified atom stereocenters. The molecule has 0 N–H and O–H groups in total. The monoisotopic (exact) mass is 561 g/mol. The Kier molecular flexibility index (Phi) is 7.44. The standard InChI is InChI=1S/C28H27N5O6S/c1-18-14-21(15-26-27(34)30(28(35)40-26)17-20-8-4-5-9-23(20)32(36)37)19(2)31(18)22-10-11-24(25(16-22)33(38)39)29-12-6-3-7-13-29/h4-5,8-11,14-16H,3,6-7,12-13,17H2,1-2H3/b26-15-. The number of hydrogen-bond donors (Lipinski definition) is 0. The number of rotatable bonds is 7. The van der Waals surface area contributed by atoms with Crippen molar-refractivity contribution in [2.45, 2.75) is 39.7 Å². The summed E-state index contributed by atoms with van der Waals surface area (Å²) in [4.78, 5) is 51.6. The number of anilines is 1. The van der Waals surface area contributed by atoms with Crippen molar-refractivity contribution < 1.29 is 19.4 Å². The number of carbonyl (C=O) groups is 2. The Morgan fingerprint density at radius 3 is 2.33 bits per heavy atom. The summed E-state index contributed by atoms with van der Waals surface area (Å²) < 4.78 is 1.89. The van der Waals surface area contributed by atoms with Crippen LogP contribution in [-0.4, -0.2) is 43.5 Å². The second-order valence-corrected chi connectivity index (χ2v) is 10.8. The van der Waals surface area contributed by atoms with Crippen LogP contribution in [-0.2, 0) is 11.3 Å². The number of thioether (sulfide) groups is 1. The first kappa shape index (κ1) is 27.1. The van der Waals surface area contributed by atoms with E-state index in [4.69, 9.17) is 0 Å². The van der Waals surface area contributed by atoms with Crippen molar-refractivity contribution in [1.29, 1.82) is 0 Å². The van der Waals surface area contributed by atoms with E-state index in [0.717, 1.165) is 60.4 Å². The minimum absolute atomic E-state index is 0.0459. The molecule has 3 aromatic rings. The molecule has 0 atom stereocenters. The van der Waals surface area contributed by atoms with Gasteiger partial charge in [0.25, 0.3) is 22.5 Å². The number of piperidine rings is 1. The summed E-state index contributed by atoms with van der Waals surface area (Å²) >= 11 is 0.778. The van der Waals surface area contributed by atoms with Crippen molar-refractivity contribution in [3.8, 4) is 5.69 Å². The highest BCUT2D eigenvalue weighted by Crippen LogP contribution is 2.37. The van der Waals surface area contributed by atoms with E-state index in [-0.39, 0.29) is 33.3 Å². The van der Waals surface area contributed by atoms with E-state index in [2.05, 4.69) is 4.90 Å². The topological polar surface area (TPSA) is 132 Å². The van der Waals surface area contributed by atoms with E-state index in [9.17, 15) is 29.8 Å². The van der Waals surface area contributed by atoms with Gasteiger partial charge in [0.05, 0.1) is 27.0 Å². The molecule has 12 heteroatoms. The maximum absolute atomic E-state index is 13.1. The predicted octanol–water partition coefficient (Wildman–Crippen LogP) is 6.14. The molecule has 0 radical (unpaired) electrons. The summed E-state index contributed by atoms with van der Waals surface area (Å²) in [6.07, 6.45) is 4.76. The minimum Gasteiger partial charge on any atom is -0.366 e. The molecule has 2 aliphatic heterocycles. The normalized spacial score (nSPS) is 16.7. The maximum Gasteiger partial charge on any atom is 0.294 e. The van der Waals surface area contributed by atoms with E-state index >= 15 is 0 Å². The fourth-order valence-corrected chi connectivity index (χ4v) is 6.13. The molecular formula is C28H27N5O6S. The van der Waals surface area contributed by atoms with Crippen molar-refractivity contribution in [3.63, 3.8) is 0 Å². The van der Waals surface area contributed by atoms with Gasteiger partial charge in [0.15, 0.2) is 0 Å². The number of nitrogens with zero attached hydrogens (tertiary/aromatic N) is 5. The van der Waals surface area contributed by atoms with Gasteiger partial charge in [-0.25, -0.2) is 0 Å². The van der Waals surface area contributed by atoms with Crippen LogP contribution >= 0.6 is 11.8 Å². The highest BCUT2D eigenvalue weighted by Gasteiger charge is 2.36. The number of benzene rings is 2. The van der Waals surface area contributed by atoms with Gasteiger partial charge in [-0.05, 0) is 74.7 Å². The second-order valence-electron chi connectivity index (χ2n) is 9.79. The highest BCUT2D eigenvalue weighted by atomic mass is 32.2. The van der Waals surface area contributed by atoms with Crippen LogP contribution in [0.2, 0.25) is 0 Å². The van der Waals surface area contributed by atoms with E-state index < -0.39 is 16.1 Å². The lowest BCUT2D eigenvalue weighted by Crippen LogP contribution is -2.30. The summed E-state index contributed by atoms with van der Waals surface area (Å²) in [6.45, 7) is 5.10. The van der Waals surface area contributed by atoms with Gasteiger partial charge in [-0.15, -0.1) is 0 Å². The van der Waals surface area contributed by atoms with Gasteiger partial charge in [-0.2, -0.15) is 0 Å². The molecule has 0 aliphatic carbocycles. The number of nitro benzene ring substituents is 2. The van der Waals surface area contributed by atoms with Crippen LogP contribution in [0.15, 0.2) is 53.4 Å². The third kappa shape index (κ3) is 5.09. The van der Waals surface area contributed by atoms with Crippen molar-refractivity contribution in [2.75, 3.05) is 18.0 Å². The Bertz CT molecular complexity index is 1570. The number of imide groups is 1. The average Bonchev–Trinajstić information content (AvgIpc) is 3.37. The summed E-state index contributed by atoms with van der Waals surface area (Å²) in [7, 11) is 0. The molecule has 40 heavy (non-hydrogen) atoms. The molecule has 2 saturated heterocycles. The molecule has 3 heterocycles. The zero-order chi connectivity index (χ0) is 28.6. The van der Waals surface area contributed by atoms with Crippen molar-refractivity contribution in [1.82, 2.24) is 9.47 Å². The lowest BCUT2D eigenvalue weighted by molar-refractivity contribution is -0.385. The smallest absolute Gasteiger partial charge is 0.294 e. The molecule has 0 saturated carbocycles. The van der Waals surface area contributed by atoms with Crippen LogP contribution in [0.3, 0.4) is 0 Å². The van der Waals surface area contributed by atoms with Crippen molar-refractivity contribution in [3.05, 3.63) is 96.2 Å². The van der Waals surface area contributed by atoms with E-state index in [1.54, 1.807) is 24.3 Å². The predicted molar refractivity (Wildman–Crippen MR) is 153 cm³/mol. The lowest BCUT2D eigenvalue weighted by atomic mass is 10.1. The van der Waals surface area contributed by atoms with Crippen molar-refractivity contribution in [2.24, 2.45) is 0 Å². The Hall–Kier alpha value is -4.45. The van der Waals surface area contributed by atoms with Crippen molar-refractivity contribution >= 4 is 46.0 Å². The fraction of sp³-hybridized carbons (Fsp3) is 0.286. The number of aromatic nitrogens is 1. The third-order valence-corrected chi connectivity index (χ3v) is 8.17. The summed E-state index contributed by atoms with van der Waals surface area (Å²) in [5, 5.41) is 22.8. The first-order valence-electron chi connectivity index (χ1n) is 12.9. The summed E-state index contributed by atoms with van der Waals surface area (Å²) in [5.41, 5.74) is 3.65. The number of hydrogen-bond acceptors (Lipinski definition) is 8. The quantitative estimate of drug-likeness (QED) is 0.191. The largest absolute Gasteiger partial charge is 0.366 e. The van der Waals surface area contributed by atoms with Crippen LogP contribution in [0.4, 0.5) is 21.9 Å². The Balaban J connectivity index is 1.44. The SMILES string of the molecule is Cc1cc(/C=C2\SC(=O)N(Cc3ccccc3[N+](=O)[O-])C2=O)c(C)n1-c1ccc(N2CCCCC2)c([N+](=O)[O-])c1. The molecule has 1 aromatic heterocycles. The van der Waals surface area contributed by atoms with Crippen LogP contribution < -0.4 is 4.90 Å². The summed E-state index contributed by atoms with van der Waals surface area (Å²) in [6, 6.07) is 13.1. The van der Waals surface area contributed by atoms with Crippen LogP contribution in [0.1, 0.15) is 41.8 Å². The van der Waals surface area contributed by atoms with Crippen LogP contribution in [0, 0.1) is 34.1 Å². The lowest BCUT2D eigenvalue weighted by Gasteiger charge is -2.28. The number of aryl methyl sites for hydroxylation is 1. The van der Waals surface area contributed by atoms with E-state index in [0.29, 0.717) is 16.9 Å². The molecule has 2 aromatic carbocycles. The molecule has 206 valence electrons. The Morgan fingerprint density at radius 2 is 1.62 bits per heavy atom. The van der Waals surface area contributed by atoms with Gasteiger partial charge < -0.3 is 9.47 Å². The average molecular weight is 562 g/mol. The Morgan fingerprint density at radius 1 is 0.925 bits per heavy atom. The fourth-order valence-electron chi connectivity index (χ4n) is 5.30. The van der Waals surface area contributed by atoms with E-state index in [1.165, 1.54) is 18.2 Å². The second kappa shape index (κ2) is 11.0. The van der Waals surface area contributed by atoms with Gasteiger partial charge in [0, 0.05) is 42.2 Å². The first-order valence-corrected chi connectivity index (χ1v) is 13.7. The molecular weight excluding hydrogens is 534 g/mol. The summed E-state index contributed by atoms with van der Waals surface area (Å²) in [5.74, 6) is -0.528. The van der Waals surface area contributed by atoms with Gasteiger partial charge in [-0.3, -0.25) is 34.7 Å².